The summed E-state index contributed by atoms with van der Waals surface area (Å²) in [6, 6.07) is 3.86. The highest BCUT2D eigenvalue weighted by molar-refractivity contribution is 7.89. The molecule has 0 amide bonds. The zero-order valence-corrected chi connectivity index (χ0v) is 14.1. The van der Waals surface area contributed by atoms with E-state index in [0.29, 0.717) is 31.5 Å². The molecule has 2 heterocycles. The smallest absolute Gasteiger partial charge is 0.217 e. The molecule has 1 aliphatic heterocycles. The van der Waals surface area contributed by atoms with Crippen molar-refractivity contribution in [1.29, 1.82) is 0 Å². The zero-order chi connectivity index (χ0) is 15.9. The first-order valence-electron chi connectivity index (χ1n) is 8.62. The molecule has 6 heteroatoms. The van der Waals surface area contributed by atoms with Gasteiger partial charge in [0.05, 0.1) is 18.0 Å². The Bertz CT molecular complexity index is 649. The van der Waals surface area contributed by atoms with Crippen LogP contribution in [0, 0.1) is 11.8 Å². The van der Waals surface area contributed by atoms with E-state index in [2.05, 4.69) is 4.98 Å². The normalized spacial score (nSPS) is 34.3. The molecule has 4 rings (SSSR count). The van der Waals surface area contributed by atoms with E-state index in [-0.39, 0.29) is 11.4 Å². The summed E-state index contributed by atoms with van der Waals surface area (Å²) in [5.74, 6) is 1.06. The molecule has 0 radical (unpaired) electrons. The molecule has 0 aromatic carbocycles. The number of nitrogens with zero attached hydrogens (tertiary/aromatic N) is 2. The highest BCUT2D eigenvalue weighted by atomic mass is 32.2. The van der Waals surface area contributed by atoms with E-state index in [0.717, 1.165) is 31.2 Å². The lowest BCUT2D eigenvalue weighted by Gasteiger charge is -2.27. The van der Waals surface area contributed by atoms with E-state index in [4.69, 9.17) is 4.74 Å². The Morgan fingerprint density at radius 2 is 2.00 bits per heavy atom. The van der Waals surface area contributed by atoms with Crippen molar-refractivity contribution in [2.75, 3.05) is 13.1 Å². The minimum Gasteiger partial charge on any atom is -0.372 e. The van der Waals surface area contributed by atoms with Crippen LogP contribution in [0.15, 0.2) is 24.5 Å². The molecule has 4 atom stereocenters. The van der Waals surface area contributed by atoms with Crippen molar-refractivity contribution in [1.82, 2.24) is 9.29 Å². The summed E-state index contributed by atoms with van der Waals surface area (Å²) in [5, 5.41) is -0.125. The summed E-state index contributed by atoms with van der Waals surface area (Å²) in [7, 11) is -3.14. The molecule has 3 aliphatic rings. The van der Waals surface area contributed by atoms with E-state index in [1.807, 2.05) is 12.1 Å². The van der Waals surface area contributed by atoms with Gasteiger partial charge >= 0.3 is 0 Å². The van der Waals surface area contributed by atoms with Crippen molar-refractivity contribution in [3.05, 3.63) is 30.1 Å². The van der Waals surface area contributed by atoms with Crippen LogP contribution in [-0.2, 0) is 21.4 Å². The van der Waals surface area contributed by atoms with E-state index in [1.165, 1.54) is 6.42 Å². The van der Waals surface area contributed by atoms with E-state index in [1.54, 1.807) is 16.7 Å². The molecule has 0 N–H and O–H groups in total. The molecule has 2 aliphatic carbocycles. The molecule has 2 saturated carbocycles. The van der Waals surface area contributed by atoms with E-state index in [9.17, 15) is 8.42 Å². The van der Waals surface area contributed by atoms with Gasteiger partial charge in [-0.2, -0.15) is 4.31 Å². The molecular formula is C17H24N2O3S. The molecule has 1 saturated heterocycles. The molecule has 3 fully saturated rings. The van der Waals surface area contributed by atoms with Gasteiger partial charge in [-0.25, -0.2) is 8.42 Å². The van der Waals surface area contributed by atoms with Crippen molar-refractivity contribution in [2.45, 2.75) is 50.1 Å². The molecule has 23 heavy (non-hydrogen) atoms. The standard InChI is InChI=1S/C17H24N2O3S/c20-23(21,17-10-14-1-2-15(17)9-14)19-8-5-16(11-19)22-12-13-3-6-18-7-4-13/h3-4,6-7,14-17H,1-2,5,8-12H2/t14-,15+,16?,17?/m1/s1. The van der Waals surface area contributed by atoms with Gasteiger partial charge < -0.3 is 4.74 Å². The topological polar surface area (TPSA) is 59.5 Å². The van der Waals surface area contributed by atoms with Crippen molar-refractivity contribution < 1.29 is 13.2 Å². The van der Waals surface area contributed by atoms with Gasteiger partial charge in [-0.1, -0.05) is 6.42 Å². The predicted molar refractivity (Wildman–Crippen MR) is 87.2 cm³/mol. The van der Waals surface area contributed by atoms with E-state index < -0.39 is 10.0 Å². The van der Waals surface area contributed by atoms with Crippen LogP contribution in [0.3, 0.4) is 0 Å². The minimum absolute atomic E-state index is 0.0107. The van der Waals surface area contributed by atoms with E-state index >= 15 is 0 Å². The van der Waals surface area contributed by atoms with Gasteiger partial charge in [0.2, 0.25) is 10.0 Å². The third-order valence-corrected chi connectivity index (χ3v) is 8.15. The molecule has 2 unspecified atom stereocenters. The van der Waals surface area contributed by atoms with Crippen molar-refractivity contribution >= 4 is 10.0 Å². The van der Waals surface area contributed by atoms with Gasteiger partial charge in [-0.3, -0.25) is 4.98 Å². The van der Waals surface area contributed by atoms with Crippen LogP contribution >= 0.6 is 0 Å². The van der Waals surface area contributed by atoms with Gasteiger partial charge in [0, 0.05) is 25.5 Å². The van der Waals surface area contributed by atoms with Crippen LogP contribution in [0.5, 0.6) is 0 Å². The molecule has 5 nitrogen and oxygen atoms in total. The van der Waals surface area contributed by atoms with Crippen LogP contribution in [0.25, 0.3) is 0 Å². The van der Waals surface area contributed by atoms with Crippen molar-refractivity contribution in [3.63, 3.8) is 0 Å². The highest BCUT2D eigenvalue weighted by Crippen LogP contribution is 2.48. The molecule has 2 bridgehead atoms. The number of rotatable bonds is 5. The number of aromatic nitrogens is 1. The van der Waals surface area contributed by atoms with Gasteiger partial charge in [-0.15, -0.1) is 0 Å². The average molecular weight is 336 g/mol. The number of hydrogen-bond donors (Lipinski definition) is 0. The van der Waals surface area contributed by atoms with Crippen molar-refractivity contribution in [3.8, 4) is 0 Å². The van der Waals surface area contributed by atoms with Crippen LogP contribution in [0.2, 0.25) is 0 Å². The van der Waals surface area contributed by atoms with Crippen LogP contribution in [-0.4, -0.2) is 42.2 Å². The fourth-order valence-electron chi connectivity index (χ4n) is 4.50. The second-order valence-corrected chi connectivity index (χ2v) is 9.35. The molecular weight excluding hydrogens is 312 g/mol. The Morgan fingerprint density at radius 1 is 1.17 bits per heavy atom. The maximum Gasteiger partial charge on any atom is 0.217 e. The summed E-state index contributed by atoms with van der Waals surface area (Å²) < 4.78 is 33.4. The van der Waals surface area contributed by atoms with Crippen LogP contribution < -0.4 is 0 Å². The molecule has 1 aromatic heterocycles. The first-order valence-corrected chi connectivity index (χ1v) is 10.1. The van der Waals surface area contributed by atoms with Gasteiger partial charge in [0.25, 0.3) is 0 Å². The maximum atomic E-state index is 12.9. The first-order chi connectivity index (χ1) is 11.1. The number of ether oxygens (including phenoxy) is 1. The fourth-order valence-corrected chi connectivity index (χ4v) is 6.87. The fraction of sp³-hybridized carbons (Fsp3) is 0.706. The predicted octanol–water partition coefficient (Wildman–Crippen LogP) is 2.19. The summed E-state index contributed by atoms with van der Waals surface area (Å²) >= 11 is 0. The maximum absolute atomic E-state index is 12.9. The third-order valence-electron chi connectivity index (χ3n) is 5.76. The second-order valence-electron chi connectivity index (χ2n) is 7.19. The first kappa shape index (κ1) is 15.5. The number of pyridine rings is 1. The van der Waals surface area contributed by atoms with Gasteiger partial charge in [0.15, 0.2) is 0 Å². The zero-order valence-electron chi connectivity index (χ0n) is 13.3. The van der Waals surface area contributed by atoms with Crippen molar-refractivity contribution in [2.24, 2.45) is 11.8 Å². The lowest BCUT2D eigenvalue weighted by molar-refractivity contribution is 0.0508. The number of sulfonamides is 1. The Hall–Kier alpha value is -0.980. The molecule has 126 valence electrons. The Balaban J connectivity index is 1.34. The van der Waals surface area contributed by atoms with Crippen LogP contribution in [0.1, 0.15) is 37.7 Å². The Morgan fingerprint density at radius 3 is 2.70 bits per heavy atom. The SMILES string of the molecule is O=S(=O)(C1C[C@@H]2CC[C@H]1C2)N1CCC(OCc2ccncc2)C1. The number of hydrogen-bond acceptors (Lipinski definition) is 4. The highest BCUT2D eigenvalue weighted by Gasteiger charge is 2.49. The molecule has 1 aromatic rings. The van der Waals surface area contributed by atoms with Gasteiger partial charge in [-0.05, 0) is 55.2 Å². The Labute approximate surface area is 138 Å². The third kappa shape index (κ3) is 3.04. The summed E-state index contributed by atoms with van der Waals surface area (Å²) in [4.78, 5) is 3.99. The second kappa shape index (κ2) is 6.15. The quantitative estimate of drug-likeness (QED) is 0.827. The Kier molecular flexibility index (Phi) is 4.15. The van der Waals surface area contributed by atoms with Gasteiger partial charge in [0.1, 0.15) is 0 Å². The number of fused-ring (bicyclic) bond motifs is 2. The molecule has 0 spiro atoms. The largest absolute Gasteiger partial charge is 0.372 e. The summed E-state index contributed by atoms with van der Waals surface area (Å²) in [6.45, 7) is 1.65. The monoisotopic (exact) mass is 336 g/mol. The lowest BCUT2D eigenvalue weighted by atomic mass is 10.0. The summed E-state index contributed by atoms with van der Waals surface area (Å²) in [5.41, 5.74) is 1.08. The lowest BCUT2D eigenvalue weighted by Crippen LogP contribution is -2.40. The summed E-state index contributed by atoms with van der Waals surface area (Å²) in [6.07, 6.45) is 8.64. The average Bonchev–Trinajstić information content (AvgIpc) is 3.30. The van der Waals surface area contributed by atoms with Crippen LogP contribution in [0.4, 0.5) is 0 Å². The minimum atomic E-state index is -3.14.